The molecule has 1 aromatic rings. The summed E-state index contributed by atoms with van der Waals surface area (Å²) in [4.78, 5) is 25.4. The van der Waals surface area contributed by atoms with Crippen LogP contribution >= 0.6 is 0 Å². The molecule has 0 aliphatic heterocycles. The quantitative estimate of drug-likeness (QED) is 0.179. The number of hydrogen-bond donors (Lipinski definition) is 1. The largest absolute Gasteiger partial charge is 0.459 e. The van der Waals surface area contributed by atoms with Crippen LogP contribution in [0.2, 0.25) is 0 Å². The smallest absolute Gasteiger partial charge is 0.430 e. The average Bonchev–Trinajstić information content (AvgIpc) is 2.85. The Bertz CT molecular complexity index is 1350. The van der Waals surface area contributed by atoms with Crippen LogP contribution in [0.15, 0.2) is 24.3 Å². The summed E-state index contributed by atoms with van der Waals surface area (Å²) < 4.78 is 222. The average molecular weight is 775 g/mol. The van der Waals surface area contributed by atoms with Crippen molar-refractivity contribution in [2.45, 2.75) is 134 Å². The molecule has 0 saturated carbocycles. The summed E-state index contributed by atoms with van der Waals surface area (Å²) in [6, 6.07) is 0.0885. The van der Waals surface area contributed by atoms with Gasteiger partial charge in [0.1, 0.15) is 11.2 Å². The molecule has 5 nitrogen and oxygen atoms in total. The maximum atomic E-state index is 16.5. The van der Waals surface area contributed by atoms with Crippen LogP contribution in [0, 0.1) is 11.3 Å². The molecule has 0 aliphatic rings. The zero-order chi connectivity index (χ0) is 40.8. The molecule has 0 spiro atoms. The molecular formula is C31H37F15O5. The molecule has 0 heterocycles. The van der Waals surface area contributed by atoms with E-state index in [0.29, 0.717) is 0 Å². The van der Waals surface area contributed by atoms with Crippen LogP contribution in [0.1, 0.15) is 91.7 Å². The van der Waals surface area contributed by atoms with E-state index in [1.807, 2.05) is 0 Å². The van der Waals surface area contributed by atoms with Gasteiger partial charge in [0, 0.05) is 18.9 Å². The van der Waals surface area contributed by atoms with E-state index in [0.717, 1.165) is 41.5 Å². The number of alkyl halides is 15. The second kappa shape index (κ2) is 14.1. The monoisotopic (exact) mass is 774 g/mol. The van der Waals surface area contributed by atoms with E-state index >= 15 is 13.2 Å². The van der Waals surface area contributed by atoms with Gasteiger partial charge in [0.25, 0.3) is 11.5 Å². The molecule has 1 aromatic carbocycles. The lowest BCUT2D eigenvalue weighted by Crippen LogP contribution is -2.53. The number of rotatable bonds is 11. The second-order valence-electron chi connectivity index (χ2n) is 14.5. The maximum absolute atomic E-state index is 16.5. The Morgan fingerprint density at radius 2 is 1.02 bits per heavy atom. The first-order valence-corrected chi connectivity index (χ1v) is 14.8. The van der Waals surface area contributed by atoms with Crippen LogP contribution in [0.3, 0.4) is 0 Å². The van der Waals surface area contributed by atoms with Gasteiger partial charge in [-0.15, -0.1) is 0 Å². The van der Waals surface area contributed by atoms with Gasteiger partial charge in [-0.05, 0) is 72.8 Å². The van der Waals surface area contributed by atoms with Crippen molar-refractivity contribution < 1.29 is 90.0 Å². The van der Waals surface area contributed by atoms with E-state index < -0.39 is 113 Å². The van der Waals surface area contributed by atoms with Gasteiger partial charge in [-0.2, -0.15) is 52.7 Å². The van der Waals surface area contributed by atoms with E-state index in [1.165, 1.54) is 0 Å². The number of esters is 2. The van der Waals surface area contributed by atoms with E-state index in [9.17, 15) is 67.4 Å². The van der Waals surface area contributed by atoms with E-state index in [4.69, 9.17) is 4.74 Å². The third kappa shape index (κ3) is 10.8. The summed E-state index contributed by atoms with van der Waals surface area (Å²) in [6.45, 7) is 6.42. The van der Waals surface area contributed by atoms with Gasteiger partial charge in [0.2, 0.25) is 0 Å². The van der Waals surface area contributed by atoms with Crippen LogP contribution in [-0.4, -0.2) is 64.5 Å². The van der Waals surface area contributed by atoms with Gasteiger partial charge in [-0.25, -0.2) is 13.2 Å². The highest BCUT2D eigenvalue weighted by Gasteiger charge is 2.71. The third-order valence-electron chi connectivity index (χ3n) is 7.72. The van der Waals surface area contributed by atoms with Crippen molar-refractivity contribution in [3.05, 3.63) is 35.4 Å². The minimum atomic E-state index is -6.45. The number of ether oxygens (including phenoxy) is 2. The molecule has 0 amide bonds. The van der Waals surface area contributed by atoms with Crippen LogP contribution in [-0.2, 0) is 24.7 Å². The van der Waals surface area contributed by atoms with Crippen molar-refractivity contribution in [1.82, 2.24) is 0 Å². The van der Waals surface area contributed by atoms with E-state index in [2.05, 4.69) is 4.74 Å². The first-order valence-electron chi connectivity index (χ1n) is 14.8. The van der Waals surface area contributed by atoms with Crippen molar-refractivity contribution in [3.8, 4) is 0 Å². The second-order valence-corrected chi connectivity index (χ2v) is 14.5. The van der Waals surface area contributed by atoms with Crippen LogP contribution in [0.25, 0.3) is 0 Å². The number of halogens is 15. The van der Waals surface area contributed by atoms with E-state index in [-0.39, 0.29) is 38.1 Å². The zero-order valence-corrected chi connectivity index (χ0v) is 28.3. The molecule has 0 aliphatic carbocycles. The fourth-order valence-corrected chi connectivity index (χ4v) is 4.85. The molecule has 0 fully saturated rings. The van der Waals surface area contributed by atoms with Crippen molar-refractivity contribution in [2.24, 2.45) is 11.3 Å². The summed E-state index contributed by atoms with van der Waals surface area (Å²) in [5.41, 5.74) is -20.3. The highest BCUT2D eigenvalue weighted by atomic mass is 19.4. The van der Waals surface area contributed by atoms with Crippen molar-refractivity contribution in [1.29, 1.82) is 0 Å². The Labute approximate surface area is 282 Å². The van der Waals surface area contributed by atoms with E-state index in [1.54, 1.807) is 0 Å². The molecule has 1 rings (SSSR count). The summed E-state index contributed by atoms with van der Waals surface area (Å²) in [5.74, 6) is -15.5. The Balaban J connectivity index is 4.12. The molecular weight excluding hydrogens is 737 g/mol. The van der Waals surface area contributed by atoms with Gasteiger partial charge >= 0.3 is 36.6 Å². The van der Waals surface area contributed by atoms with Crippen LogP contribution < -0.4 is 0 Å². The molecule has 0 radical (unpaired) electrons. The van der Waals surface area contributed by atoms with Gasteiger partial charge in [-0.1, -0.05) is 24.3 Å². The van der Waals surface area contributed by atoms with Gasteiger partial charge < -0.3 is 14.6 Å². The normalized spacial score (nSPS) is 18.0. The summed E-state index contributed by atoms with van der Waals surface area (Å²) >= 11 is 0. The number of carbonyl (C=O) groups excluding carboxylic acids is 2. The summed E-state index contributed by atoms with van der Waals surface area (Å²) in [6.07, 6.45) is -30.9. The van der Waals surface area contributed by atoms with Gasteiger partial charge in [0.15, 0.2) is 17.0 Å². The topological polar surface area (TPSA) is 72.8 Å². The first-order chi connectivity index (χ1) is 22.1. The highest BCUT2D eigenvalue weighted by molar-refractivity contribution is 5.78. The number of hydrogen-bond acceptors (Lipinski definition) is 5. The van der Waals surface area contributed by atoms with Gasteiger partial charge in [0.05, 0.1) is 0 Å². The fraction of sp³-hybridized carbons (Fsp3) is 0.742. The lowest BCUT2D eigenvalue weighted by molar-refractivity contribution is -0.376. The molecule has 0 aromatic heterocycles. The Hall–Kier alpha value is -2.93. The number of benzene rings is 1. The van der Waals surface area contributed by atoms with Crippen LogP contribution in [0.5, 0.6) is 0 Å². The Morgan fingerprint density at radius 3 is 1.33 bits per heavy atom. The van der Waals surface area contributed by atoms with Crippen molar-refractivity contribution in [2.75, 3.05) is 0 Å². The maximum Gasteiger partial charge on any atom is 0.430 e. The number of aliphatic hydroxyl groups is 1. The predicted octanol–water partition coefficient (Wildman–Crippen LogP) is 10.0. The minimum absolute atomic E-state index is 0.120. The highest BCUT2D eigenvalue weighted by Crippen LogP contribution is 2.54. The molecule has 4 unspecified atom stereocenters. The molecule has 51 heavy (non-hydrogen) atoms. The Kier molecular flexibility index (Phi) is 12.8. The van der Waals surface area contributed by atoms with Crippen molar-refractivity contribution in [3.63, 3.8) is 0 Å². The molecule has 4 atom stereocenters. The first kappa shape index (κ1) is 46.1. The number of carbonyl (C=O) groups is 2. The standard InChI is InChI=1S/C31H37F15O5/c1-22(2,3)50-20(47)19(28(35,36)37)15-26(34,25(8,32)33)14-17(13-24(7,29(38,39)40)21(48)51-23(4,5)6)16-9-11-18(12-10-16)27(49,30(41,42)43)31(44,45)46/h9-12,17,19,49H,13-15H2,1-8H3. The molecule has 296 valence electrons. The Morgan fingerprint density at radius 1 is 0.608 bits per heavy atom. The van der Waals surface area contributed by atoms with Gasteiger partial charge in [-0.3, -0.25) is 9.59 Å². The lowest BCUT2D eigenvalue weighted by Gasteiger charge is -2.40. The summed E-state index contributed by atoms with van der Waals surface area (Å²) in [5, 5.41) is 9.69. The fourth-order valence-electron chi connectivity index (χ4n) is 4.85. The van der Waals surface area contributed by atoms with Crippen LogP contribution in [0.4, 0.5) is 65.9 Å². The molecule has 20 heteroatoms. The molecule has 0 bridgehead atoms. The zero-order valence-electron chi connectivity index (χ0n) is 28.3. The summed E-state index contributed by atoms with van der Waals surface area (Å²) in [7, 11) is 0. The SMILES string of the molecule is CC(C)(C)OC(=O)C(CC(F)(CC(CC(C)(C(=O)OC(C)(C)C)C(F)(F)F)c1ccc(C(O)(C(F)(F)F)C(F)(F)F)cc1)C(C)(F)F)C(F)(F)F. The molecule has 1 N–H and O–H groups in total. The predicted molar refractivity (Wildman–Crippen MR) is 149 cm³/mol. The van der Waals surface area contributed by atoms with Crippen molar-refractivity contribution >= 4 is 11.9 Å². The lowest BCUT2D eigenvalue weighted by atomic mass is 9.71. The molecule has 0 saturated heterocycles. The minimum Gasteiger partial charge on any atom is -0.459 e. The third-order valence-corrected chi connectivity index (χ3v) is 7.72.